The van der Waals surface area contributed by atoms with Gasteiger partial charge in [-0.1, -0.05) is 13.0 Å². The number of β-lactam (4-membered cyclic amide) rings is 1. The first-order valence-electron chi connectivity index (χ1n) is 12.6. The van der Waals surface area contributed by atoms with E-state index in [9.17, 15) is 18.8 Å². The Morgan fingerprint density at radius 3 is 2.58 bits per heavy atom. The van der Waals surface area contributed by atoms with Crippen molar-refractivity contribution in [2.24, 2.45) is 13.0 Å². The van der Waals surface area contributed by atoms with Crippen LogP contribution in [0, 0.1) is 25.6 Å². The molecule has 3 aromatic rings. The predicted molar refractivity (Wildman–Crippen MR) is 142 cm³/mol. The van der Waals surface area contributed by atoms with Crippen LogP contribution >= 0.6 is 0 Å². The normalized spacial score (nSPS) is 17.7. The number of aromatic nitrogens is 3. The van der Waals surface area contributed by atoms with Gasteiger partial charge in [-0.3, -0.25) is 24.0 Å². The van der Waals surface area contributed by atoms with Crippen LogP contribution in [0.3, 0.4) is 0 Å². The van der Waals surface area contributed by atoms with Gasteiger partial charge in [-0.15, -0.1) is 0 Å². The van der Waals surface area contributed by atoms with Crippen LogP contribution in [0.25, 0.3) is 0 Å². The highest BCUT2D eigenvalue weighted by molar-refractivity contribution is 6.12. The number of halogens is 1. The number of hydrogen-bond acceptors (Lipinski definition) is 6. The highest BCUT2D eigenvalue weighted by Gasteiger charge is 2.55. The Labute approximate surface area is 221 Å². The molecular weight excluding hydrogens is 487 g/mol. The van der Waals surface area contributed by atoms with Gasteiger partial charge in [0, 0.05) is 32.4 Å². The molecule has 3 atom stereocenters. The van der Waals surface area contributed by atoms with Crippen molar-refractivity contribution >= 4 is 29.2 Å². The predicted octanol–water partition coefficient (Wildman–Crippen LogP) is 3.30. The largest absolute Gasteiger partial charge is 0.384 e. The van der Waals surface area contributed by atoms with Gasteiger partial charge in [-0.05, 0) is 73.6 Å². The molecule has 0 saturated carbocycles. The number of rotatable bonds is 8. The topological polar surface area (TPSA) is 114 Å². The number of hydrogen-bond donors (Lipinski definition) is 1. The maximum atomic E-state index is 14.0. The van der Waals surface area contributed by atoms with Crippen molar-refractivity contribution in [3.63, 3.8) is 0 Å². The van der Waals surface area contributed by atoms with Gasteiger partial charge in [0.2, 0.25) is 11.8 Å². The number of aryl methyl sites for hydroxylation is 3. The molecule has 0 unspecified atom stereocenters. The number of pyridine rings is 1. The van der Waals surface area contributed by atoms with E-state index in [-0.39, 0.29) is 30.5 Å². The molecule has 0 aliphatic carbocycles. The SMILES string of the molecule is CC[C@@H](CC(=O)N1C(=O)[C@H](Cc2cc(C)nc(N)c2)[C@H]1C(=O)N(C)c1cnn(C)c1)c1cc(F)ccc1C. The molecule has 4 rings (SSSR count). The third kappa shape index (κ3) is 5.29. The quantitative estimate of drug-likeness (QED) is 0.456. The first kappa shape index (κ1) is 27.0. The van der Waals surface area contributed by atoms with E-state index in [0.29, 0.717) is 23.6 Å². The number of anilines is 2. The molecule has 0 radical (unpaired) electrons. The summed E-state index contributed by atoms with van der Waals surface area (Å²) < 4.78 is 15.6. The molecule has 1 aliphatic heterocycles. The molecule has 1 saturated heterocycles. The van der Waals surface area contributed by atoms with Gasteiger partial charge < -0.3 is 10.6 Å². The van der Waals surface area contributed by atoms with E-state index in [1.807, 2.05) is 19.9 Å². The van der Waals surface area contributed by atoms with Crippen LogP contribution in [0.2, 0.25) is 0 Å². The van der Waals surface area contributed by atoms with Gasteiger partial charge in [0.25, 0.3) is 5.91 Å². The average Bonchev–Trinajstić information content (AvgIpc) is 3.30. The first-order chi connectivity index (χ1) is 18.0. The Balaban J connectivity index is 1.63. The molecule has 3 amide bonds. The summed E-state index contributed by atoms with van der Waals surface area (Å²) in [5.74, 6) is -2.33. The van der Waals surface area contributed by atoms with E-state index in [1.165, 1.54) is 17.0 Å². The standard InChI is InChI=1S/C28H33FN6O3/c1-6-19(22-13-20(29)8-7-16(22)2)12-25(36)35-26(28(38)34(5)21-14-31-33(4)15-21)23(27(35)37)10-18-9-17(3)32-24(30)11-18/h7-9,11,13-15,19,23,26H,6,10,12H2,1-5H3,(H2,30,32)/t19-,23+,26-/m0/s1. The van der Waals surface area contributed by atoms with Crippen molar-refractivity contribution < 1.29 is 18.8 Å². The van der Waals surface area contributed by atoms with Crippen LogP contribution in [-0.2, 0) is 27.9 Å². The zero-order valence-electron chi connectivity index (χ0n) is 22.3. The van der Waals surface area contributed by atoms with Crippen LogP contribution in [0.4, 0.5) is 15.9 Å². The smallest absolute Gasteiger partial charge is 0.250 e. The molecule has 200 valence electrons. The lowest BCUT2D eigenvalue weighted by Gasteiger charge is -2.46. The third-order valence-corrected chi connectivity index (χ3v) is 7.23. The third-order valence-electron chi connectivity index (χ3n) is 7.23. The molecule has 1 aliphatic rings. The molecule has 1 fully saturated rings. The molecule has 0 bridgehead atoms. The lowest BCUT2D eigenvalue weighted by molar-refractivity contribution is -0.170. The number of imide groups is 1. The fourth-order valence-electron chi connectivity index (χ4n) is 5.19. The summed E-state index contributed by atoms with van der Waals surface area (Å²) in [5.41, 5.74) is 9.51. The molecule has 3 heterocycles. The number of likely N-dealkylation sites (tertiary alicyclic amines) is 1. The van der Waals surface area contributed by atoms with Crippen molar-refractivity contribution in [2.45, 2.75) is 52.0 Å². The van der Waals surface area contributed by atoms with Gasteiger partial charge in [-0.25, -0.2) is 9.37 Å². The zero-order valence-corrected chi connectivity index (χ0v) is 22.3. The second kappa shape index (κ2) is 10.7. The van der Waals surface area contributed by atoms with Crippen molar-refractivity contribution in [3.8, 4) is 0 Å². The lowest BCUT2D eigenvalue weighted by Crippen LogP contribution is -2.69. The number of nitrogen functional groups attached to an aromatic ring is 1. The highest BCUT2D eigenvalue weighted by atomic mass is 19.1. The number of amides is 3. The average molecular weight is 521 g/mol. The van der Waals surface area contributed by atoms with Gasteiger partial charge in [0.05, 0.1) is 17.8 Å². The maximum absolute atomic E-state index is 14.0. The molecule has 9 nitrogen and oxygen atoms in total. The van der Waals surface area contributed by atoms with E-state index in [4.69, 9.17) is 5.73 Å². The fraction of sp³-hybridized carbons (Fsp3) is 0.393. The van der Waals surface area contributed by atoms with Gasteiger partial charge in [0.15, 0.2) is 0 Å². The Morgan fingerprint density at radius 2 is 1.95 bits per heavy atom. The second-order valence-electron chi connectivity index (χ2n) is 9.98. The Morgan fingerprint density at radius 1 is 1.21 bits per heavy atom. The summed E-state index contributed by atoms with van der Waals surface area (Å²) in [5, 5.41) is 4.12. The van der Waals surface area contributed by atoms with Crippen molar-refractivity contribution in [3.05, 3.63) is 70.9 Å². The summed E-state index contributed by atoms with van der Waals surface area (Å²) in [7, 11) is 3.34. The van der Waals surface area contributed by atoms with Gasteiger partial charge in [-0.2, -0.15) is 5.10 Å². The van der Waals surface area contributed by atoms with Crippen LogP contribution in [0.15, 0.2) is 42.7 Å². The van der Waals surface area contributed by atoms with Crippen LogP contribution < -0.4 is 10.6 Å². The molecular formula is C28H33FN6O3. The minimum absolute atomic E-state index is 0.0129. The van der Waals surface area contributed by atoms with Crippen molar-refractivity contribution in [1.29, 1.82) is 0 Å². The Bertz CT molecular complexity index is 1370. The lowest BCUT2D eigenvalue weighted by atomic mass is 9.80. The Kier molecular flexibility index (Phi) is 7.61. The summed E-state index contributed by atoms with van der Waals surface area (Å²) in [4.78, 5) is 47.3. The monoisotopic (exact) mass is 520 g/mol. The van der Waals surface area contributed by atoms with E-state index in [1.54, 1.807) is 50.2 Å². The van der Waals surface area contributed by atoms with Crippen molar-refractivity contribution in [1.82, 2.24) is 19.7 Å². The maximum Gasteiger partial charge on any atom is 0.250 e. The Hall–Kier alpha value is -4.08. The number of nitrogens with zero attached hydrogens (tertiary/aromatic N) is 5. The number of carbonyl (C=O) groups is 3. The zero-order chi connectivity index (χ0) is 27.7. The van der Waals surface area contributed by atoms with Crippen molar-refractivity contribution in [2.75, 3.05) is 17.7 Å². The minimum Gasteiger partial charge on any atom is -0.384 e. The van der Waals surface area contributed by atoms with E-state index < -0.39 is 23.8 Å². The second-order valence-corrected chi connectivity index (χ2v) is 9.98. The number of carbonyl (C=O) groups excluding carboxylic acids is 3. The fourth-order valence-corrected chi connectivity index (χ4v) is 5.19. The summed E-state index contributed by atoms with van der Waals surface area (Å²) in [6.45, 7) is 5.58. The van der Waals surface area contributed by atoms with Crippen LogP contribution in [0.5, 0.6) is 0 Å². The van der Waals surface area contributed by atoms with Crippen LogP contribution in [-0.4, -0.2) is 50.5 Å². The summed E-state index contributed by atoms with van der Waals surface area (Å²) in [6, 6.07) is 7.01. The first-order valence-corrected chi connectivity index (χ1v) is 12.6. The van der Waals surface area contributed by atoms with E-state index >= 15 is 0 Å². The number of nitrogens with two attached hydrogens (primary N) is 1. The van der Waals surface area contributed by atoms with E-state index in [0.717, 1.165) is 21.6 Å². The number of benzene rings is 1. The highest BCUT2D eigenvalue weighted by Crippen LogP contribution is 2.36. The molecule has 10 heteroatoms. The molecule has 0 spiro atoms. The molecule has 38 heavy (non-hydrogen) atoms. The van der Waals surface area contributed by atoms with Crippen LogP contribution in [0.1, 0.15) is 48.1 Å². The minimum atomic E-state index is -0.985. The molecule has 2 aromatic heterocycles. The van der Waals surface area contributed by atoms with Gasteiger partial charge in [0.1, 0.15) is 17.7 Å². The molecule has 1 aromatic carbocycles. The number of likely N-dealkylation sites (N-methyl/N-ethyl adjacent to an activating group) is 1. The summed E-state index contributed by atoms with van der Waals surface area (Å²) >= 11 is 0. The van der Waals surface area contributed by atoms with Gasteiger partial charge >= 0.3 is 0 Å². The molecule has 2 N–H and O–H groups in total. The summed E-state index contributed by atoms with van der Waals surface area (Å²) in [6.07, 6.45) is 4.04. The van der Waals surface area contributed by atoms with E-state index in [2.05, 4.69) is 10.1 Å².